The van der Waals surface area contributed by atoms with Crippen molar-refractivity contribution < 1.29 is 41.1 Å². The number of hydrogen-bond donors (Lipinski definition) is 1. The van der Waals surface area contributed by atoms with E-state index in [4.69, 9.17) is 19.7 Å². The van der Waals surface area contributed by atoms with Gasteiger partial charge >= 0.3 is 6.61 Å². The molecule has 3 aromatic rings. The minimum absolute atomic E-state index is 0.0164. The fourth-order valence-electron chi connectivity index (χ4n) is 2.44. The average Bonchev–Trinajstić information content (AvgIpc) is 3.16. The van der Waals surface area contributed by atoms with Gasteiger partial charge in [-0.1, -0.05) is 5.16 Å². The minimum atomic E-state index is -3.03. The summed E-state index contributed by atoms with van der Waals surface area (Å²) in [7, 11) is 1.27. The van der Waals surface area contributed by atoms with Gasteiger partial charge in [0.1, 0.15) is 11.4 Å². The van der Waals surface area contributed by atoms with E-state index in [-0.39, 0.29) is 23.2 Å². The van der Waals surface area contributed by atoms with Crippen LogP contribution in [0.25, 0.3) is 11.4 Å². The highest BCUT2D eigenvalue weighted by molar-refractivity contribution is 5.93. The van der Waals surface area contributed by atoms with Gasteiger partial charge in [0.15, 0.2) is 29.7 Å². The summed E-state index contributed by atoms with van der Waals surface area (Å²) in [5.74, 6) is -4.30. The molecule has 0 spiro atoms. The Labute approximate surface area is 166 Å². The normalized spacial score (nSPS) is 10.9. The standard InChI is InChI=1S/C18H13F4N3O5/c1-27-12-6-8(2-4-10(12)29-18(21)22)17-24-13(30-25-17)7-28-11-5-3-9(19)14(15(11)20)16(23)26/h2-6,18H,7H2,1H3,(H2,23,26). The molecule has 12 heteroatoms. The van der Waals surface area contributed by atoms with Crippen LogP contribution in [0.15, 0.2) is 34.9 Å². The second-order valence-electron chi connectivity index (χ2n) is 5.64. The minimum Gasteiger partial charge on any atom is -0.493 e. The smallest absolute Gasteiger partial charge is 0.387 e. The van der Waals surface area contributed by atoms with Crippen molar-refractivity contribution in [3.8, 4) is 28.6 Å². The molecule has 3 rings (SSSR count). The summed E-state index contributed by atoms with van der Waals surface area (Å²) >= 11 is 0. The van der Waals surface area contributed by atoms with Crippen LogP contribution in [-0.2, 0) is 6.61 Å². The monoisotopic (exact) mass is 427 g/mol. The molecule has 0 radical (unpaired) electrons. The van der Waals surface area contributed by atoms with Crippen molar-refractivity contribution in [2.75, 3.05) is 7.11 Å². The topological polar surface area (TPSA) is 110 Å². The second kappa shape index (κ2) is 8.68. The zero-order valence-corrected chi connectivity index (χ0v) is 15.2. The van der Waals surface area contributed by atoms with Gasteiger partial charge in [-0.3, -0.25) is 4.79 Å². The number of amides is 1. The molecule has 1 aromatic heterocycles. The number of nitrogens with zero attached hydrogens (tertiary/aromatic N) is 2. The average molecular weight is 427 g/mol. The van der Waals surface area contributed by atoms with Crippen LogP contribution in [0.5, 0.6) is 17.2 Å². The Balaban J connectivity index is 1.76. The Kier molecular flexibility index (Phi) is 6.04. The Morgan fingerprint density at radius 2 is 1.90 bits per heavy atom. The predicted molar refractivity (Wildman–Crippen MR) is 92.1 cm³/mol. The van der Waals surface area contributed by atoms with Crippen molar-refractivity contribution in [3.63, 3.8) is 0 Å². The van der Waals surface area contributed by atoms with Crippen LogP contribution in [0, 0.1) is 11.6 Å². The second-order valence-corrected chi connectivity index (χ2v) is 5.64. The largest absolute Gasteiger partial charge is 0.493 e. The maximum atomic E-state index is 14.2. The van der Waals surface area contributed by atoms with Gasteiger partial charge in [-0.15, -0.1) is 0 Å². The van der Waals surface area contributed by atoms with E-state index in [0.717, 1.165) is 12.1 Å². The Hall–Kier alpha value is -3.83. The lowest BCUT2D eigenvalue weighted by atomic mass is 10.1. The lowest BCUT2D eigenvalue weighted by molar-refractivity contribution is -0.0512. The maximum absolute atomic E-state index is 14.2. The van der Waals surface area contributed by atoms with Crippen molar-refractivity contribution in [1.29, 1.82) is 0 Å². The van der Waals surface area contributed by atoms with Gasteiger partial charge in [-0.25, -0.2) is 8.78 Å². The summed E-state index contributed by atoms with van der Waals surface area (Å²) < 4.78 is 71.9. The molecule has 0 aliphatic carbocycles. The van der Waals surface area contributed by atoms with Crippen LogP contribution < -0.4 is 19.9 Å². The van der Waals surface area contributed by atoms with Gasteiger partial charge in [-0.05, 0) is 30.3 Å². The molecule has 0 bridgehead atoms. The van der Waals surface area contributed by atoms with Gasteiger partial charge in [-0.2, -0.15) is 13.8 Å². The number of carbonyl (C=O) groups excluding carboxylic acids is 1. The third-order valence-electron chi connectivity index (χ3n) is 3.76. The molecule has 30 heavy (non-hydrogen) atoms. The maximum Gasteiger partial charge on any atom is 0.387 e. The van der Waals surface area contributed by atoms with Crippen LogP contribution in [0.1, 0.15) is 16.2 Å². The van der Waals surface area contributed by atoms with Crippen LogP contribution in [-0.4, -0.2) is 29.8 Å². The lowest BCUT2D eigenvalue weighted by Crippen LogP contribution is -2.16. The number of benzene rings is 2. The van der Waals surface area contributed by atoms with Crippen molar-refractivity contribution in [2.24, 2.45) is 5.73 Å². The summed E-state index contributed by atoms with van der Waals surface area (Å²) in [5.41, 5.74) is 4.36. The first-order valence-corrected chi connectivity index (χ1v) is 8.16. The third-order valence-corrected chi connectivity index (χ3v) is 3.76. The van der Waals surface area contributed by atoms with E-state index in [9.17, 15) is 22.4 Å². The number of halogens is 4. The highest BCUT2D eigenvalue weighted by Crippen LogP contribution is 2.32. The van der Waals surface area contributed by atoms with E-state index in [1.54, 1.807) is 0 Å². The molecule has 158 valence electrons. The Bertz CT molecular complexity index is 1070. The van der Waals surface area contributed by atoms with Crippen molar-refractivity contribution in [3.05, 3.63) is 53.4 Å². The van der Waals surface area contributed by atoms with Crippen LogP contribution in [0.2, 0.25) is 0 Å². The van der Waals surface area contributed by atoms with Crippen LogP contribution in [0.4, 0.5) is 17.6 Å². The van der Waals surface area contributed by atoms with E-state index in [0.29, 0.717) is 5.56 Å². The first kappa shape index (κ1) is 20.9. The highest BCUT2D eigenvalue weighted by atomic mass is 19.3. The van der Waals surface area contributed by atoms with Crippen LogP contribution >= 0.6 is 0 Å². The lowest BCUT2D eigenvalue weighted by Gasteiger charge is -2.10. The van der Waals surface area contributed by atoms with E-state index in [2.05, 4.69) is 14.9 Å². The molecule has 8 nitrogen and oxygen atoms in total. The molecule has 0 atom stereocenters. The molecule has 1 heterocycles. The van der Waals surface area contributed by atoms with Crippen molar-refractivity contribution >= 4 is 5.91 Å². The number of hydrogen-bond acceptors (Lipinski definition) is 7. The van der Waals surface area contributed by atoms with Crippen LogP contribution in [0.3, 0.4) is 0 Å². The first-order valence-electron chi connectivity index (χ1n) is 8.16. The van der Waals surface area contributed by atoms with Gasteiger partial charge in [0, 0.05) is 5.56 Å². The number of primary amides is 1. The quantitative estimate of drug-likeness (QED) is 0.549. The Morgan fingerprint density at radius 3 is 2.57 bits per heavy atom. The van der Waals surface area contributed by atoms with Gasteiger partial charge in [0.2, 0.25) is 5.82 Å². The van der Waals surface area contributed by atoms with E-state index in [1.807, 2.05) is 0 Å². The van der Waals surface area contributed by atoms with Crippen molar-refractivity contribution in [2.45, 2.75) is 13.2 Å². The molecule has 0 unspecified atom stereocenters. The third kappa shape index (κ3) is 4.42. The number of alkyl halides is 2. The number of carbonyl (C=O) groups is 1. The van der Waals surface area contributed by atoms with E-state index < -0.39 is 42.1 Å². The summed E-state index contributed by atoms with van der Waals surface area (Å²) in [5, 5.41) is 3.71. The molecule has 2 aromatic carbocycles. The molecule has 0 aliphatic rings. The molecular weight excluding hydrogens is 414 g/mol. The van der Waals surface area contributed by atoms with Gasteiger partial charge < -0.3 is 24.5 Å². The number of methoxy groups -OCH3 is 1. The molecule has 2 N–H and O–H groups in total. The molecule has 0 saturated carbocycles. The summed E-state index contributed by atoms with van der Waals surface area (Å²) in [4.78, 5) is 15.2. The van der Waals surface area contributed by atoms with E-state index >= 15 is 0 Å². The molecule has 1 amide bonds. The summed E-state index contributed by atoms with van der Waals surface area (Å²) in [6.07, 6.45) is 0. The predicted octanol–water partition coefficient (Wildman–Crippen LogP) is 3.30. The van der Waals surface area contributed by atoms with Gasteiger partial charge in [0.05, 0.1) is 7.11 Å². The fraction of sp³-hybridized carbons (Fsp3) is 0.167. The van der Waals surface area contributed by atoms with Gasteiger partial charge in [0.25, 0.3) is 11.8 Å². The fourth-order valence-corrected chi connectivity index (χ4v) is 2.44. The molecule has 0 aliphatic heterocycles. The van der Waals surface area contributed by atoms with Crippen molar-refractivity contribution in [1.82, 2.24) is 10.1 Å². The summed E-state index contributed by atoms with van der Waals surface area (Å²) in [6.45, 7) is -3.43. The highest BCUT2D eigenvalue weighted by Gasteiger charge is 2.20. The first-order chi connectivity index (χ1) is 14.3. The number of nitrogens with two attached hydrogens (primary N) is 1. The molecule has 0 saturated heterocycles. The molecular formula is C18H13F4N3O5. The number of rotatable bonds is 8. The Morgan fingerprint density at radius 1 is 1.17 bits per heavy atom. The zero-order valence-electron chi connectivity index (χ0n) is 15.2. The zero-order chi connectivity index (χ0) is 21.8. The van der Waals surface area contributed by atoms with E-state index in [1.165, 1.54) is 25.3 Å². The summed E-state index contributed by atoms with van der Waals surface area (Å²) in [6, 6.07) is 5.79. The number of aromatic nitrogens is 2. The SMILES string of the molecule is COc1cc(-c2noc(COc3ccc(F)c(C(N)=O)c3F)n2)ccc1OC(F)F. The molecule has 0 fully saturated rings. The number of ether oxygens (including phenoxy) is 3.